The lowest BCUT2D eigenvalue weighted by Crippen LogP contribution is -1.87. The smallest absolute Gasteiger partial charge is 0.258 e. The summed E-state index contributed by atoms with van der Waals surface area (Å²) in [4.78, 5) is 4.40. The average Bonchev–Trinajstić information content (AvgIpc) is 2.98. The molecular weight excluding hydrogens is 334 g/mol. The molecule has 0 spiro atoms. The van der Waals surface area contributed by atoms with Gasteiger partial charge in [-0.25, -0.2) is 0 Å². The van der Waals surface area contributed by atoms with E-state index < -0.39 is 0 Å². The van der Waals surface area contributed by atoms with Gasteiger partial charge >= 0.3 is 0 Å². The topological polar surface area (TPSA) is 74.2 Å². The first-order valence-corrected chi connectivity index (χ1v) is 7.00. The van der Waals surface area contributed by atoms with Gasteiger partial charge in [0.25, 0.3) is 5.89 Å². The standard InChI is InChI=1S/C15H12BrN3O2/c1-20-13-7-4-10(8-12(13)16)14-18-15(21-19-14)9-2-5-11(17)6-3-9/h2-8H,17H2,1H3. The molecule has 21 heavy (non-hydrogen) atoms. The van der Waals surface area contributed by atoms with Gasteiger partial charge in [-0.3, -0.25) is 0 Å². The molecule has 0 amide bonds. The first kappa shape index (κ1) is 13.6. The average molecular weight is 346 g/mol. The number of hydrogen-bond acceptors (Lipinski definition) is 5. The molecule has 5 nitrogen and oxygen atoms in total. The first-order valence-electron chi connectivity index (χ1n) is 6.21. The monoisotopic (exact) mass is 345 g/mol. The Labute approximate surface area is 129 Å². The van der Waals surface area contributed by atoms with E-state index in [0.29, 0.717) is 17.4 Å². The van der Waals surface area contributed by atoms with E-state index >= 15 is 0 Å². The molecule has 3 aromatic rings. The number of benzene rings is 2. The van der Waals surface area contributed by atoms with Crippen molar-refractivity contribution in [2.75, 3.05) is 12.8 Å². The van der Waals surface area contributed by atoms with E-state index in [0.717, 1.165) is 21.3 Å². The molecule has 0 aliphatic carbocycles. The summed E-state index contributed by atoms with van der Waals surface area (Å²) in [5.74, 6) is 1.73. The zero-order valence-corrected chi connectivity index (χ0v) is 12.8. The second-order valence-electron chi connectivity index (χ2n) is 4.39. The Bertz CT molecular complexity index is 769. The number of halogens is 1. The van der Waals surface area contributed by atoms with Gasteiger partial charge in [0, 0.05) is 16.8 Å². The van der Waals surface area contributed by atoms with E-state index in [1.807, 2.05) is 30.3 Å². The van der Waals surface area contributed by atoms with Gasteiger partial charge in [-0.05, 0) is 58.4 Å². The summed E-state index contributed by atoms with van der Waals surface area (Å²) >= 11 is 3.44. The van der Waals surface area contributed by atoms with E-state index in [4.69, 9.17) is 15.0 Å². The number of methoxy groups -OCH3 is 1. The Hall–Kier alpha value is -2.34. The molecule has 2 aromatic carbocycles. The van der Waals surface area contributed by atoms with Crippen LogP contribution in [0.3, 0.4) is 0 Å². The number of nitrogen functional groups attached to an aromatic ring is 1. The van der Waals surface area contributed by atoms with Gasteiger partial charge in [0.1, 0.15) is 5.75 Å². The number of hydrogen-bond donors (Lipinski definition) is 1. The minimum Gasteiger partial charge on any atom is -0.496 e. The summed E-state index contributed by atoms with van der Waals surface area (Å²) < 4.78 is 11.3. The molecule has 6 heteroatoms. The van der Waals surface area contributed by atoms with Crippen molar-refractivity contribution in [2.24, 2.45) is 0 Å². The number of rotatable bonds is 3. The first-order chi connectivity index (χ1) is 10.2. The number of nitrogens with zero attached hydrogens (tertiary/aromatic N) is 2. The Morgan fingerprint density at radius 1 is 1.10 bits per heavy atom. The largest absolute Gasteiger partial charge is 0.496 e. The molecule has 0 atom stereocenters. The minimum atomic E-state index is 0.456. The van der Waals surface area contributed by atoms with Crippen LogP contribution in [0, 0.1) is 0 Å². The summed E-state index contributed by atoms with van der Waals surface area (Å²) in [7, 11) is 1.62. The summed E-state index contributed by atoms with van der Waals surface area (Å²) in [6.07, 6.45) is 0. The Kier molecular flexibility index (Phi) is 3.62. The van der Waals surface area contributed by atoms with Crippen molar-refractivity contribution in [3.05, 3.63) is 46.9 Å². The van der Waals surface area contributed by atoms with E-state index in [-0.39, 0.29) is 0 Å². The molecule has 0 radical (unpaired) electrons. The summed E-state index contributed by atoms with van der Waals surface area (Å²) in [5.41, 5.74) is 8.02. The molecule has 1 heterocycles. The van der Waals surface area contributed by atoms with Crippen LogP contribution in [0.25, 0.3) is 22.8 Å². The highest BCUT2D eigenvalue weighted by Crippen LogP contribution is 2.30. The predicted molar refractivity (Wildman–Crippen MR) is 83.8 cm³/mol. The molecular formula is C15H12BrN3O2. The SMILES string of the molecule is COc1ccc(-c2noc(-c3ccc(N)cc3)n2)cc1Br. The van der Waals surface area contributed by atoms with E-state index in [2.05, 4.69) is 26.1 Å². The Morgan fingerprint density at radius 2 is 1.81 bits per heavy atom. The third-order valence-electron chi connectivity index (χ3n) is 2.99. The molecule has 0 saturated heterocycles. The Morgan fingerprint density at radius 3 is 2.48 bits per heavy atom. The van der Waals surface area contributed by atoms with Crippen LogP contribution < -0.4 is 10.5 Å². The fraction of sp³-hybridized carbons (Fsp3) is 0.0667. The van der Waals surface area contributed by atoms with Crippen molar-refractivity contribution in [1.82, 2.24) is 10.1 Å². The molecule has 0 unspecified atom stereocenters. The molecule has 0 fully saturated rings. The van der Waals surface area contributed by atoms with Gasteiger partial charge in [0.05, 0.1) is 11.6 Å². The van der Waals surface area contributed by atoms with Crippen LogP contribution >= 0.6 is 15.9 Å². The van der Waals surface area contributed by atoms with E-state index in [9.17, 15) is 0 Å². The predicted octanol–water partition coefficient (Wildman–Crippen LogP) is 3.76. The van der Waals surface area contributed by atoms with Crippen LogP contribution in [-0.4, -0.2) is 17.3 Å². The zero-order valence-electron chi connectivity index (χ0n) is 11.2. The molecule has 0 bridgehead atoms. The van der Waals surface area contributed by atoms with Crippen molar-refractivity contribution in [3.63, 3.8) is 0 Å². The zero-order chi connectivity index (χ0) is 14.8. The number of nitrogens with two attached hydrogens (primary N) is 1. The van der Waals surface area contributed by atoms with Crippen molar-refractivity contribution in [3.8, 4) is 28.6 Å². The van der Waals surface area contributed by atoms with E-state index in [1.54, 1.807) is 19.2 Å². The van der Waals surface area contributed by atoms with Crippen LogP contribution in [0.15, 0.2) is 51.5 Å². The van der Waals surface area contributed by atoms with Crippen LogP contribution in [0.2, 0.25) is 0 Å². The van der Waals surface area contributed by atoms with Crippen molar-refractivity contribution in [2.45, 2.75) is 0 Å². The van der Waals surface area contributed by atoms with Gasteiger partial charge in [-0.1, -0.05) is 5.16 Å². The van der Waals surface area contributed by atoms with Crippen LogP contribution in [0.4, 0.5) is 5.69 Å². The van der Waals surface area contributed by atoms with Gasteiger partial charge in [-0.2, -0.15) is 4.98 Å². The molecule has 2 N–H and O–H groups in total. The third kappa shape index (κ3) is 2.75. The lowest BCUT2D eigenvalue weighted by molar-refractivity contribution is 0.412. The second kappa shape index (κ2) is 5.57. The normalized spacial score (nSPS) is 10.6. The van der Waals surface area contributed by atoms with Crippen molar-refractivity contribution >= 4 is 21.6 Å². The summed E-state index contributed by atoms with van der Waals surface area (Å²) in [6, 6.07) is 12.9. The van der Waals surface area contributed by atoms with Gasteiger partial charge in [-0.15, -0.1) is 0 Å². The summed E-state index contributed by atoms with van der Waals surface area (Å²) in [6.45, 7) is 0. The van der Waals surface area contributed by atoms with Gasteiger partial charge < -0.3 is 15.0 Å². The summed E-state index contributed by atoms with van der Waals surface area (Å²) in [5, 5.41) is 4.00. The fourth-order valence-corrected chi connectivity index (χ4v) is 2.43. The fourth-order valence-electron chi connectivity index (χ4n) is 1.89. The molecule has 0 aliphatic rings. The van der Waals surface area contributed by atoms with Gasteiger partial charge in [0.2, 0.25) is 5.82 Å². The third-order valence-corrected chi connectivity index (χ3v) is 3.61. The maximum absolute atomic E-state index is 5.66. The van der Waals surface area contributed by atoms with Crippen LogP contribution in [0.5, 0.6) is 5.75 Å². The molecule has 0 aliphatic heterocycles. The lowest BCUT2D eigenvalue weighted by Gasteiger charge is -2.03. The van der Waals surface area contributed by atoms with Crippen molar-refractivity contribution < 1.29 is 9.26 Å². The maximum Gasteiger partial charge on any atom is 0.258 e. The Balaban J connectivity index is 1.94. The van der Waals surface area contributed by atoms with Crippen LogP contribution in [-0.2, 0) is 0 Å². The number of anilines is 1. The maximum atomic E-state index is 5.66. The molecule has 106 valence electrons. The number of ether oxygens (including phenoxy) is 1. The molecule has 0 saturated carbocycles. The number of aromatic nitrogens is 2. The lowest BCUT2D eigenvalue weighted by atomic mass is 10.2. The van der Waals surface area contributed by atoms with Crippen molar-refractivity contribution in [1.29, 1.82) is 0 Å². The molecule has 3 rings (SSSR count). The van der Waals surface area contributed by atoms with Crippen LogP contribution in [0.1, 0.15) is 0 Å². The highest BCUT2D eigenvalue weighted by molar-refractivity contribution is 9.10. The minimum absolute atomic E-state index is 0.456. The van der Waals surface area contributed by atoms with E-state index in [1.165, 1.54) is 0 Å². The highest BCUT2D eigenvalue weighted by atomic mass is 79.9. The highest BCUT2D eigenvalue weighted by Gasteiger charge is 2.12. The van der Waals surface area contributed by atoms with Gasteiger partial charge in [0.15, 0.2) is 0 Å². The quantitative estimate of drug-likeness (QED) is 0.731. The second-order valence-corrected chi connectivity index (χ2v) is 5.25. The molecule has 1 aromatic heterocycles.